The maximum Gasteiger partial charge on any atom is 0.343 e. The molecular formula is C21H16BrFN2O4. The minimum absolute atomic E-state index is 0.0805. The molecule has 3 aromatic rings. The highest BCUT2D eigenvalue weighted by Gasteiger charge is 2.45. The van der Waals surface area contributed by atoms with E-state index in [1.807, 2.05) is 6.07 Å². The Morgan fingerprint density at radius 2 is 2.10 bits per heavy atom. The molecule has 0 amide bonds. The lowest BCUT2D eigenvalue weighted by atomic mass is 9.86. The number of esters is 1. The van der Waals surface area contributed by atoms with E-state index in [1.54, 1.807) is 24.5 Å². The van der Waals surface area contributed by atoms with E-state index >= 15 is 0 Å². The van der Waals surface area contributed by atoms with Crippen molar-refractivity contribution in [3.63, 3.8) is 0 Å². The van der Waals surface area contributed by atoms with Crippen LogP contribution in [0.3, 0.4) is 0 Å². The summed E-state index contributed by atoms with van der Waals surface area (Å²) in [6, 6.07) is 4.91. The van der Waals surface area contributed by atoms with Crippen LogP contribution in [0.4, 0.5) is 4.39 Å². The van der Waals surface area contributed by atoms with E-state index in [9.17, 15) is 19.1 Å². The number of aliphatic hydroxyl groups is 1. The number of fused-ring (bicyclic) bond motifs is 5. The number of carbonyl (C=O) groups excluding carboxylic acids is 1. The van der Waals surface area contributed by atoms with Gasteiger partial charge in [0, 0.05) is 27.1 Å². The fourth-order valence-corrected chi connectivity index (χ4v) is 4.66. The van der Waals surface area contributed by atoms with Crippen LogP contribution in [0.25, 0.3) is 22.3 Å². The van der Waals surface area contributed by atoms with Crippen LogP contribution >= 0.6 is 15.9 Å². The number of halogens is 2. The Bertz CT molecular complexity index is 1320. The number of benzene rings is 1. The Morgan fingerprint density at radius 1 is 1.34 bits per heavy atom. The van der Waals surface area contributed by atoms with Gasteiger partial charge < -0.3 is 14.4 Å². The van der Waals surface area contributed by atoms with Gasteiger partial charge in [-0.2, -0.15) is 0 Å². The minimum Gasteiger partial charge on any atom is -0.458 e. The van der Waals surface area contributed by atoms with E-state index in [2.05, 4.69) is 20.9 Å². The van der Waals surface area contributed by atoms with E-state index in [4.69, 9.17) is 4.74 Å². The van der Waals surface area contributed by atoms with Crippen LogP contribution in [-0.4, -0.2) is 20.6 Å². The quantitative estimate of drug-likeness (QED) is 0.442. The molecule has 0 radical (unpaired) electrons. The zero-order chi connectivity index (χ0) is 20.7. The topological polar surface area (TPSA) is 81.4 Å². The summed E-state index contributed by atoms with van der Waals surface area (Å²) < 4.78 is 21.5. The minimum atomic E-state index is -1.87. The monoisotopic (exact) mass is 458 g/mol. The number of cyclic esters (lactones) is 1. The summed E-state index contributed by atoms with van der Waals surface area (Å²) in [6.45, 7) is 3.48. The number of pyridine rings is 2. The van der Waals surface area contributed by atoms with Crippen molar-refractivity contribution in [1.82, 2.24) is 9.55 Å². The van der Waals surface area contributed by atoms with Crippen LogP contribution in [0.5, 0.6) is 0 Å². The van der Waals surface area contributed by atoms with Gasteiger partial charge in [-0.25, -0.2) is 14.2 Å². The van der Waals surface area contributed by atoms with E-state index in [1.165, 1.54) is 6.07 Å². The van der Waals surface area contributed by atoms with Crippen molar-refractivity contribution in [2.45, 2.75) is 39.0 Å². The molecule has 2 aliphatic heterocycles. The summed E-state index contributed by atoms with van der Waals surface area (Å²) in [6.07, 6.45) is 0.0805. The molecule has 1 N–H and O–H groups in total. The maximum absolute atomic E-state index is 14.2. The normalized spacial score (nSPS) is 19.7. The van der Waals surface area contributed by atoms with Crippen LogP contribution in [0.1, 0.15) is 35.6 Å². The lowest BCUT2D eigenvalue weighted by molar-refractivity contribution is -0.172. The molecule has 2 aliphatic rings. The Balaban J connectivity index is 1.81. The molecule has 0 aliphatic carbocycles. The molecule has 1 atom stereocenters. The fraction of sp³-hybridized carbons (Fsp3) is 0.286. The van der Waals surface area contributed by atoms with Gasteiger partial charge in [0.1, 0.15) is 12.4 Å². The summed E-state index contributed by atoms with van der Waals surface area (Å²) in [5, 5.41) is 11.6. The highest BCUT2D eigenvalue weighted by molar-refractivity contribution is 9.10. The van der Waals surface area contributed by atoms with Crippen LogP contribution < -0.4 is 5.56 Å². The van der Waals surface area contributed by atoms with Crippen LogP contribution in [0.2, 0.25) is 0 Å². The van der Waals surface area contributed by atoms with E-state index in [0.29, 0.717) is 33.5 Å². The number of hydrogen-bond donors (Lipinski definition) is 1. The van der Waals surface area contributed by atoms with Gasteiger partial charge in [-0.15, -0.1) is 0 Å². The third-order valence-electron chi connectivity index (χ3n) is 5.93. The van der Waals surface area contributed by atoms with Crippen molar-refractivity contribution in [2.75, 3.05) is 0 Å². The smallest absolute Gasteiger partial charge is 0.343 e. The van der Waals surface area contributed by atoms with Crippen molar-refractivity contribution < 1.29 is 19.0 Å². The highest BCUT2D eigenvalue weighted by Crippen LogP contribution is 2.39. The van der Waals surface area contributed by atoms with Crippen molar-refractivity contribution in [1.29, 1.82) is 0 Å². The van der Waals surface area contributed by atoms with Gasteiger partial charge in [0.15, 0.2) is 5.60 Å². The Labute approximate surface area is 173 Å². The van der Waals surface area contributed by atoms with Crippen molar-refractivity contribution in [2.24, 2.45) is 0 Å². The number of nitrogens with zero attached hydrogens (tertiary/aromatic N) is 2. The predicted molar refractivity (Wildman–Crippen MR) is 107 cm³/mol. The molecule has 0 fully saturated rings. The first-order chi connectivity index (χ1) is 13.8. The van der Waals surface area contributed by atoms with Crippen molar-refractivity contribution in [3.8, 4) is 11.4 Å². The van der Waals surface area contributed by atoms with E-state index in [-0.39, 0.29) is 35.5 Å². The van der Waals surface area contributed by atoms with Gasteiger partial charge in [-0.05, 0) is 47.0 Å². The zero-order valence-electron chi connectivity index (χ0n) is 15.7. The first kappa shape index (κ1) is 18.4. The van der Waals surface area contributed by atoms with Gasteiger partial charge >= 0.3 is 5.97 Å². The standard InChI is InChI=1S/C21H16BrFN2O4/c1-3-21(28)13-5-16-18-10(7-25(16)19(26)12(13)8-29-20(21)27)4-11-15(24-18)6-14(23)9(2)17(11)22/h4-6,28H,3,7-8H2,1-2H3/t21-/m0/s1. The molecule has 29 heavy (non-hydrogen) atoms. The molecule has 8 heteroatoms. The summed E-state index contributed by atoms with van der Waals surface area (Å²) >= 11 is 3.44. The molecule has 1 aromatic carbocycles. The van der Waals surface area contributed by atoms with Gasteiger partial charge in [0.25, 0.3) is 5.56 Å². The Morgan fingerprint density at radius 3 is 2.83 bits per heavy atom. The lowest BCUT2D eigenvalue weighted by Crippen LogP contribution is -2.44. The molecule has 0 saturated heterocycles. The van der Waals surface area contributed by atoms with Gasteiger partial charge in [-0.1, -0.05) is 6.92 Å². The third-order valence-corrected chi connectivity index (χ3v) is 6.95. The molecule has 4 heterocycles. The fourth-order valence-electron chi connectivity index (χ4n) is 4.16. The molecule has 6 nitrogen and oxygen atoms in total. The maximum atomic E-state index is 14.2. The second kappa shape index (κ2) is 5.96. The zero-order valence-corrected chi connectivity index (χ0v) is 17.3. The first-order valence-corrected chi connectivity index (χ1v) is 10.0. The number of aromatic nitrogens is 2. The molecule has 0 unspecified atom stereocenters. The number of carbonyl (C=O) groups is 1. The van der Waals surface area contributed by atoms with Gasteiger partial charge in [0.05, 0.1) is 29.0 Å². The summed E-state index contributed by atoms with van der Waals surface area (Å²) in [5.74, 6) is -1.14. The largest absolute Gasteiger partial charge is 0.458 e. The summed E-state index contributed by atoms with van der Waals surface area (Å²) in [7, 11) is 0. The molecular weight excluding hydrogens is 443 g/mol. The second-order valence-electron chi connectivity index (χ2n) is 7.46. The summed E-state index contributed by atoms with van der Waals surface area (Å²) in [4.78, 5) is 29.9. The SMILES string of the molecule is CC[C@@]1(O)C(=O)OCc2c1cc1n(c2=O)Cc2cc3c(Br)c(C)c(F)cc3nc2-1. The van der Waals surface area contributed by atoms with E-state index < -0.39 is 11.6 Å². The predicted octanol–water partition coefficient (Wildman–Crippen LogP) is 3.29. The number of rotatable bonds is 1. The molecule has 2 aromatic heterocycles. The van der Waals surface area contributed by atoms with Gasteiger partial charge in [0.2, 0.25) is 0 Å². The second-order valence-corrected chi connectivity index (χ2v) is 8.26. The average molecular weight is 459 g/mol. The molecule has 0 bridgehead atoms. The van der Waals surface area contributed by atoms with Crippen LogP contribution in [0.15, 0.2) is 27.5 Å². The molecule has 0 spiro atoms. The number of ether oxygens (including phenoxy) is 1. The average Bonchev–Trinajstić information content (AvgIpc) is 3.06. The molecule has 148 valence electrons. The van der Waals surface area contributed by atoms with Crippen molar-refractivity contribution >= 4 is 32.8 Å². The van der Waals surface area contributed by atoms with Crippen LogP contribution in [-0.2, 0) is 28.3 Å². The first-order valence-electron chi connectivity index (χ1n) is 9.21. The van der Waals surface area contributed by atoms with Crippen molar-refractivity contribution in [3.05, 3.63) is 61.1 Å². The lowest BCUT2D eigenvalue weighted by Gasteiger charge is -2.31. The summed E-state index contributed by atoms with van der Waals surface area (Å²) in [5.41, 5.74) is 1.17. The molecule has 0 saturated carbocycles. The molecule has 5 rings (SSSR count). The van der Waals surface area contributed by atoms with E-state index in [0.717, 1.165) is 10.9 Å². The number of hydrogen-bond acceptors (Lipinski definition) is 5. The highest BCUT2D eigenvalue weighted by atomic mass is 79.9. The Kier molecular flexibility index (Phi) is 3.79. The third kappa shape index (κ3) is 2.33. The van der Waals surface area contributed by atoms with Crippen LogP contribution in [0, 0.1) is 12.7 Å². The van der Waals surface area contributed by atoms with Gasteiger partial charge in [-0.3, -0.25) is 4.79 Å². The Hall–Kier alpha value is -2.58.